The Hall–Kier alpha value is -0.492. The van der Waals surface area contributed by atoms with Crippen LogP contribution in [-0.2, 0) is 24.1 Å². The fourth-order valence-corrected chi connectivity index (χ4v) is 0.622. The molecule has 1 N–H and O–H groups in total. The second-order valence-electron chi connectivity index (χ2n) is 1.54. The zero-order chi connectivity index (χ0) is 7.82. The third-order valence-electron chi connectivity index (χ3n) is 0.756. The normalized spacial score (nSPS) is 11.8. The fourth-order valence-electron chi connectivity index (χ4n) is 0.340. The molecule has 0 unspecified atom stereocenters. The summed E-state index contributed by atoms with van der Waals surface area (Å²) in [6.07, 6.45) is 6.10. The topological polar surface area (TPSA) is 37.3 Å². The van der Waals surface area contributed by atoms with Crippen LogP contribution in [-0.4, -0.2) is 15.8 Å². The Morgan fingerprint density at radius 1 is 1.60 bits per heavy atom. The third-order valence-corrected chi connectivity index (χ3v) is 1.62. The molecule has 0 aliphatic heterocycles. The van der Waals surface area contributed by atoms with Crippen molar-refractivity contribution >= 4 is 10.7 Å². The number of rotatable bonds is 4. The van der Waals surface area contributed by atoms with E-state index in [1.807, 2.05) is 0 Å². The molecular weight excluding hydrogens is 300 g/mol. The molecule has 0 aromatic heterocycles. The van der Waals surface area contributed by atoms with Crippen molar-refractivity contribution in [3.8, 4) is 0 Å². The van der Waals surface area contributed by atoms with Crippen molar-refractivity contribution in [3.05, 3.63) is 24.0 Å². The van der Waals surface area contributed by atoms with Gasteiger partial charge in [-0.25, -0.2) is 0 Å². The summed E-state index contributed by atoms with van der Waals surface area (Å²) in [4.78, 5) is 9.78. The van der Waals surface area contributed by atoms with Gasteiger partial charge in [0.05, 0.1) is 0 Å². The van der Waals surface area contributed by atoms with Crippen LogP contribution in [0.3, 0.4) is 0 Å². The predicted molar refractivity (Wildman–Crippen MR) is 36.6 cm³/mol. The van der Waals surface area contributed by atoms with E-state index in [4.69, 9.17) is 5.11 Å². The van der Waals surface area contributed by atoms with Gasteiger partial charge in [0.15, 0.2) is 0 Å². The van der Waals surface area contributed by atoms with Gasteiger partial charge in [-0.05, 0) is 0 Å². The maximum atomic E-state index is 9.78. The minimum absolute atomic E-state index is 0.247. The van der Waals surface area contributed by atoms with Crippen LogP contribution < -0.4 is 0 Å². The number of hydrogen-bond acceptors (Lipinski definition) is 2. The van der Waals surface area contributed by atoms with E-state index in [1.165, 1.54) is 19.4 Å². The number of carbonyl (C=O) groups is 1. The Bertz CT molecular complexity index is 170. The molecule has 0 radical (unpaired) electrons. The van der Waals surface area contributed by atoms with E-state index in [2.05, 4.69) is 0 Å². The van der Waals surface area contributed by atoms with Gasteiger partial charge >= 0.3 is 70.3 Å². The van der Waals surface area contributed by atoms with E-state index < -0.39 is 0 Å². The Balaban J connectivity index is 3.69. The van der Waals surface area contributed by atoms with E-state index in [1.54, 1.807) is 22.6 Å². The molecule has 0 amide bonds. The van der Waals surface area contributed by atoms with Crippen LogP contribution in [0.5, 0.6) is 0 Å². The molecule has 10 heavy (non-hydrogen) atoms. The summed E-state index contributed by atoms with van der Waals surface area (Å²) in [5, 5.41) is 8.84. The Kier molecular flexibility index (Phi) is 6.30. The van der Waals surface area contributed by atoms with E-state index in [0.29, 0.717) is 6.42 Å². The first-order valence-electron chi connectivity index (χ1n) is 2.76. The number of hydrogen-bond donors (Lipinski definition) is 1. The molecular formula is C7H8O2W. The van der Waals surface area contributed by atoms with E-state index >= 15 is 0 Å². The second kappa shape index (κ2) is 6.63. The molecule has 0 aromatic rings. The van der Waals surface area contributed by atoms with Gasteiger partial charge in [0, 0.05) is 0 Å². The molecule has 0 spiro atoms. The molecule has 3 heteroatoms. The molecule has 0 saturated heterocycles. The molecule has 0 bridgehead atoms. The van der Waals surface area contributed by atoms with Crippen molar-refractivity contribution in [3.63, 3.8) is 0 Å². The van der Waals surface area contributed by atoms with Gasteiger partial charge in [0.2, 0.25) is 0 Å². The number of aldehydes is 1. The molecule has 0 atom stereocenters. The summed E-state index contributed by atoms with van der Waals surface area (Å²) in [5.74, 6) is 0.247. The quantitative estimate of drug-likeness (QED) is 0.476. The Morgan fingerprint density at radius 2 is 2.30 bits per heavy atom. The Morgan fingerprint density at radius 3 is 2.80 bits per heavy atom. The van der Waals surface area contributed by atoms with Crippen LogP contribution in [0, 0.1) is 0 Å². The molecule has 0 aromatic carbocycles. The molecule has 0 heterocycles. The van der Waals surface area contributed by atoms with Crippen LogP contribution in [0.2, 0.25) is 0 Å². The summed E-state index contributed by atoms with van der Waals surface area (Å²) in [6.45, 7) is 0. The van der Waals surface area contributed by atoms with Crippen LogP contribution in [0.25, 0.3) is 0 Å². The van der Waals surface area contributed by atoms with Crippen molar-refractivity contribution in [2.45, 2.75) is 6.42 Å². The van der Waals surface area contributed by atoms with E-state index in [-0.39, 0.29) is 5.76 Å². The number of aliphatic hydroxyl groups excluding tert-OH is 1. The molecule has 0 aliphatic carbocycles. The van der Waals surface area contributed by atoms with E-state index in [9.17, 15) is 4.79 Å². The minimum atomic E-state index is 0.247. The third kappa shape index (κ3) is 5.64. The fraction of sp³-hybridized carbons (Fsp3) is 0.143. The second-order valence-corrected chi connectivity index (χ2v) is 2.39. The van der Waals surface area contributed by atoms with Crippen LogP contribution >= 0.6 is 0 Å². The number of allylic oxidation sites excluding steroid dienone is 4. The first-order chi connectivity index (χ1) is 4.81. The first-order valence-corrected chi connectivity index (χ1v) is 4.45. The Labute approximate surface area is 70.7 Å². The number of carbonyl (C=O) groups excluding carboxylic acids is 1. The SMILES string of the molecule is O=CCC=CC=C(O)[CH]=[W]. The summed E-state index contributed by atoms with van der Waals surface area (Å²) in [5.41, 5.74) is 0. The zero-order valence-electron chi connectivity index (χ0n) is 5.36. The average Bonchev–Trinajstić information content (AvgIpc) is 1.98. The van der Waals surface area contributed by atoms with Crippen molar-refractivity contribution in [1.82, 2.24) is 0 Å². The molecule has 0 saturated carbocycles. The van der Waals surface area contributed by atoms with Gasteiger partial charge in [0.1, 0.15) is 0 Å². The van der Waals surface area contributed by atoms with Crippen molar-refractivity contribution < 1.29 is 29.3 Å². The predicted octanol–water partition coefficient (Wildman–Crippen LogP) is 0.922. The van der Waals surface area contributed by atoms with Crippen LogP contribution in [0.1, 0.15) is 6.42 Å². The van der Waals surface area contributed by atoms with Crippen molar-refractivity contribution in [2.24, 2.45) is 0 Å². The van der Waals surface area contributed by atoms with Gasteiger partial charge in [-0.15, -0.1) is 0 Å². The molecule has 0 rings (SSSR count). The zero-order valence-corrected chi connectivity index (χ0v) is 8.29. The van der Waals surface area contributed by atoms with Gasteiger partial charge in [0.25, 0.3) is 0 Å². The standard InChI is InChI=1S/C7H8O2.W/c1-7(9)5-3-2-4-6-8;/h1-3,5-6,9H,4H2;. The summed E-state index contributed by atoms with van der Waals surface area (Å²) < 4.78 is 1.66. The van der Waals surface area contributed by atoms with E-state index in [0.717, 1.165) is 6.29 Å². The summed E-state index contributed by atoms with van der Waals surface area (Å²) in [7, 11) is 0. The summed E-state index contributed by atoms with van der Waals surface area (Å²) >= 11 is 1.20. The molecule has 54 valence electrons. The summed E-state index contributed by atoms with van der Waals surface area (Å²) in [6, 6.07) is 0. The average molecular weight is 308 g/mol. The number of aliphatic hydroxyl groups is 1. The first kappa shape index (κ1) is 9.51. The maximum absolute atomic E-state index is 9.78. The molecule has 2 nitrogen and oxygen atoms in total. The molecule has 0 fully saturated rings. The van der Waals surface area contributed by atoms with Crippen LogP contribution in [0.4, 0.5) is 0 Å². The van der Waals surface area contributed by atoms with Crippen LogP contribution in [0.15, 0.2) is 24.0 Å². The van der Waals surface area contributed by atoms with Crippen molar-refractivity contribution in [2.75, 3.05) is 0 Å². The molecule has 0 aliphatic rings. The van der Waals surface area contributed by atoms with Gasteiger partial charge in [-0.3, -0.25) is 0 Å². The van der Waals surface area contributed by atoms with Gasteiger partial charge in [-0.2, -0.15) is 0 Å². The van der Waals surface area contributed by atoms with Crippen molar-refractivity contribution in [1.29, 1.82) is 0 Å². The van der Waals surface area contributed by atoms with Gasteiger partial charge < -0.3 is 0 Å². The van der Waals surface area contributed by atoms with Gasteiger partial charge in [-0.1, -0.05) is 0 Å². The monoisotopic (exact) mass is 308 g/mol.